The molecule has 2 aliphatic rings. The Bertz CT molecular complexity index is 326. The molecule has 2 saturated carbocycles. The van der Waals surface area contributed by atoms with Crippen molar-refractivity contribution in [1.82, 2.24) is 10.2 Å². The van der Waals surface area contributed by atoms with E-state index in [9.17, 15) is 5.26 Å². The van der Waals surface area contributed by atoms with E-state index in [-0.39, 0.29) is 5.54 Å². The van der Waals surface area contributed by atoms with Crippen molar-refractivity contribution in [3.8, 4) is 6.07 Å². The van der Waals surface area contributed by atoms with Crippen molar-refractivity contribution in [2.75, 3.05) is 13.1 Å². The first-order valence-electron chi connectivity index (χ1n) is 8.60. The summed E-state index contributed by atoms with van der Waals surface area (Å²) in [7, 11) is 0. The molecule has 0 bridgehead atoms. The minimum Gasteiger partial charge on any atom is -0.301 e. The van der Waals surface area contributed by atoms with Crippen LogP contribution in [0.25, 0.3) is 0 Å². The van der Waals surface area contributed by atoms with E-state index < -0.39 is 0 Å². The van der Waals surface area contributed by atoms with Gasteiger partial charge in [-0.05, 0) is 58.5 Å². The van der Waals surface area contributed by atoms with Crippen LogP contribution in [-0.2, 0) is 0 Å². The third kappa shape index (κ3) is 4.75. The molecule has 1 unspecified atom stereocenters. The van der Waals surface area contributed by atoms with Gasteiger partial charge in [-0.2, -0.15) is 5.26 Å². The fourth-order valence-corrected chi connectivity index (χ4v) is 3.52. The summed E-state index contributed by atoms with van der Waals surface area (Å²) in [5.41, 5.74) is -0.312. The number of nitrogens with one attached hydrogen (secondary N) is 1. The second-order valence-corrected chi connectivity index (χ2v) is 6.89. The number of nitrogens with zero attached hydrogens (tertiary/aromatic N) is 2. The largest absolute Gasteiger partial charge is 0.301 e. The summed E-state index contributed by atoms with van der Waals surface area (Å²) in [6, 6.07) is 3.91. The molecule has 3 nitrogen and oxygen atoms in total. The van der Waals surface area contributed by atoms with Crippen LogP contribution < -0.4 is 5.32 Å². The van der Waals surface area contributed by atoms with E-state index in [1.165, 1.54) is 44.9 Å². The Labute approximate surface area is 124 Å². The molecule has 2 aliphatic carbocycles. The van der Waals surface area contributed by atoms with Crippen LogP contribution in [0.4, 0.5) is 0 Å². The van der Waals surface area contributed by atoms with Gasteiger partial charge in [-0.3, -0.25) is 5.32 Å². The topological polar surface area (TPSA) is 39.1 Å². The maximum atomic E-state index is 9.41. The first-order chi connectivity index (χ1) is 9.67. The predicted octanol–water partition coefficient (Wildman–Crippen LogP) is 3.46. The Morgan fingerprint density at radius 2 is 1.90 bits per heavy atom. The SMILES string of the molecule is CCN(CCCC(C)(C#N)NC1CC1)C1CCCCC1. The zero-order chi connectivity index (χ0) is 14.4. The van der Waals surface area contributed by atoms with Crippen LogP contribution in [0.1, 0.15) is 71.6 Å². The highest BCUT2D eigenvalue weighted by Gasteiger charge is 2.32. The van der Waals surface area contributed by atoms with Gasteiger partial charge < -0.3 is 4.90 Å². The van der Waals surface area contributed by atoms with Gasteiger partial charge in [-0.1, -0.05) is 26.2 Å². The van der Waals surface area contributed by atoms with Crippen molar-refractivity contribution in [2.24, 2.45) is 0 Å². The van der Waals surface area contributed by atoms with Crippen molar-refractivity contribution in [2.45, 2.75) is 89.3 Å². The fraction of sp³-hybridized carbons (Fsp3) is 0.941. The average Bonchev–Trinajstić information content (AvgIpc) is 3.28. The Morgan fingerprint density at radius 3 is 2.45 bits per heavy atom. The highest BCUT2D eigenvalue weighted by molar-refractivity contribution is 5.07. The minimum absolute atomic E-state index is 0.312. The Hall–Kier alpha value is -0.590. The van der Waals surface area contributed by atoms with Gasteiger partial charge in [0.2, 0.25) is 0 Å². The maximum Gasteiger partial charge on any atom is 0.104 e. The predicted molar refractivity (Wildman–Crippen MR) is 83.5 cm³/mol. The molecule has 3 heteroatoms. The van der Waals surface area contributed by atoms with Crippen LogP contribution >= 0.6 is 0 Å². The maximum absolute atomic E-state index is 9.41. The van der Waals surface area contributed by atoms with Gasteiger partial charge >= 0.3 is 0 Å². The summed E-state index contributed by atoms with van der Waals surface area (Å²) in [5.74, 6) is 0. The molecule has 0 radical (unpaired) electrons. The van der Waals surface area contributed by atoms with Gasteiger partial charge in [0.05, 0.1) is 6.07 Å². The Balaban J connectivity index is 1.73. The van der Waals surface area contributed by atoms with Crippen LogP contribution in [0, 0.1) is 11.3 Å². The lowest BCUT2D eigenvalue weighted by molar-refractivity contribution is 0.157. The average molecular weight is 277 g/mol. The van der Waals surface area contributed by atoms with Gasteiger partial charge in [0.25, 0.3) is 0 Å². The molecule has 0 aromatic carbocycles. The van der Waals surface area contributed by atoms with Crippen LogP contribution in [0.3, 0.4) is 0 Å². The van der Waals surface area contributed by atoms with Crippen molar-refractivity contribution < 1.29 is 0 Å². The third-order valence-corrected chi connectivity index (χ3v) is 4.97. The van der Waals surface area contributed by atoms with Gasteiger partial charge in [0, 0.05) is 12.1 Å². The van der Waals surface area contributed by atoms with Crippen molar-refractivity contribution in [1.29, 1.82) is 5.26 Å². The van der Waals surface area contributed by atoms with E-state index >= 15 is 0 Å². The van der Waals surface area contributed by atoms with Crippen molar-refractivity contribution in [3.05, 3.63) is 0 Å². The molecule has 1 atom stereocenters. The minimum atomic E-state index is -0.312. The van der Waals surface area contributed by atoms with Crippen LogP contribution in [0.15, 0.2) is 0 Å². The first-order valence-corrected chi connectivity index (χ1v) is 8.60. The smallest absolute Gasteiger partial charge is 0.104 e. The van der Waals surface area contributed by atoms with Gasteiger partial charge in [0.15, 0.2) is 0 Å². The molecule has 2 fully saturated rings. The zero-order valence-corrected chi connectivity index (χ0v) is 13.3. The quantitative estimate of drug-likeness (QED) is 0.738. The number of hydrogen-bond acceptors (Lipinski definition) is 3. The van der Waals surface area contributed by atoms with Gasteiger partial charge in [-0.25, -0.2) is 0 Å². The summed E-state index contributed by atoms with van der Waals surface area (Å²) in [6.07, 6.45) is 11.6. The molecule has 0 aromatic heterocycles. The summed E-state index contributed by atoms with van der Waals surface area (Å²) in [5, 5.41) is 12.9. The third-order valence-electron chi connectivity index (χ3n) is 4.97. The number of hydrogen-bond donors (Lipinski definition) is 1. The van der Waals surface area contributed by atoms with Crippen LogP contribution in [0.2, 0.25) is 0 Å². The van der Waals surface area contributed by atoms with Crippen molar-refractivity contribution >= 4 is 0 Å². The molecule has 0 saturated heterocycles. The van der Waals surface area contributed by atoms with Crippen LogP contribution in [0.5, 0.6) is 0 Å². The summed E-state index contributed by atoms with van der Waals surface area (Å²) in [4.78, 5) is 2.65. The lowest BCUT2D eigenvalue weighted by atomic mass is 9.93. The lowest BCUT2D eigenvalue weighted by Gasteiger charge is -2.34. The van der Waals surface area contributed by atoms with E-state index in [1.807, 2.05) is 0 Å². The highest BCUT2D eigenvalue weighted by atomic mass is 15.1. The van der Waals surface area contributed by atoms with E-state index in [4.69, 9.17) is 0 Å². The highest BCUT2D eigenvalue weighted by Crippen LogP contribution is 2.26. The molecule has 1 N–H and O–H groups in total. The summed E-state index contributed by atoms with van der Waals surface area (Å²) in [6.45, 7) is 6.66. The molecule has 0 aromatic rings. The van der Waals surface area contributed by atoms with E-state index in [0.29, 0.717) is 6.04 Å². The molecule has 114 valence electrons. The monoisotopic (exact) mass is 277 g/mol. The summed E-state index contributed by atoms with van der Waals surface area (Å²) >= 11 is 0. The van der Waals surface area contributed by atoms with E-state index in [1.54, 1.807) is 0 Å². The molecule has 2 rings (SSSR count). The molecular weight excluding hydrogens is 246 g/mol. The van der Waals surface area contributed by atoms with E-state index in [2.05, 4.69) is 30.1 Å². The second-order valence-electron chi connectivity index (χ2n) is 6.89. The molecule has 0 spiro atoms. The van der Waals surface area contributed by atoms with Gasteiger partial charge in [0.1, 0.15) is 5.54 Å². The molecule has 20 heavy (non-hydrogen) atoms. The summed E-state index contributed by atoms with van der Waals surface area (Å²) < 4.78 is 0. The lowest BCUT2D eigenvalue weighted by Crippen LogP contribution is -2.43. The Kier molecular flexibility index (Phi) is 5.86. The second kappa shape index (κ2) is 7.43. The van der Waals surface area contributed by atoms with Crippen LogP contribution in [-0.4, -0.2) is 35.6 Å². The van der Waals surface area contributed by atoms with Gasteiger partial charge in [-0.15, -0.1) is 0 Å². The molecular formula is C17H31N3. The molecule has 0 heterocycles. The van der Waals surface area contributed by atoms with Crippen molar-refractivity contribution in [3.63, 3.8) is 0 Å². The molecule has 0 amide bonds. The first kappa shape index (κ1) is 15.8. The molecule has 0 aliphatic heterocycles. The number of rotatable bonds is 8. The standard InChI is InChI=1S/C17H31N3/c1-3-20(16-8-5-4-6-9-16)13-7-12-17(2,14-18)19-15-10-11-15/h15-16,19H,3-13H2,1-2H3. The normalized spacial score (nSPS) is 23.5. The zero-order valence-electron chi connectivity index (χ0n) is 13.3. The fourth-order valence-electron chi connectivity index (χ4n) is 3.52. The Morgan fingerprint density at radius 1 is 1.20 bits per heavy atom. The number of nitriles is 1. The van der Waals surface area contributed by atoms with E-state index in [0.717, 1.165) is 32.0 Å².